The van der Waals surface area contributed by atoms with Gasteiger partial charge in [-0.1, -0.05) is 24.3 Å². The highest BCUT2D eigenvalue weighted by Crippen LogP contribution is 2.31. The maximum Gasteiger partial charge on any atom is 0.267 e. The first-order valence-corrected chi connectivity index (χ1v) is 9.83. The minimum Gasteiger partial charge on any atom is -0.377 e. The number of nitrogens with zero attached hydrogens (tertiary/aromatic N) is 1. The fourth-order valence-corrected chi connectivity index (χ4v) is 5.09. The maximum atomic E-state index is 12.6. The molecule has 0 saturated carbocycles. The van der Waals surface area contributed by atoms with Crippen molar-refractivity contribution in [1.29, 1.82) is 0 Å². The van der Waals surface area contributed by atoms with E-state index in [1.165, 1.54) is 6.07 Å². The van der Waals surface area contributed by atoms with Crippen molar-refractivity contribution in [3.63, 3.8) is 0 Å². The van der Waals surface area contributed by atoms with Crippen LogP contribution in [0, 0.1) is 0 Å². The molecule has 23 heavy (non-hydrogen) atoms. The summed E-state index contributed by atoms with van der Waals surface area (Å²) in [6.07, 6.45) is 0. The summed E-state index contributed by atoms with van der Waals surface area (Å²) >= 11 is 0. The molecule has 9 heteroatoms. The van der Waals surface area contributed by atoms with Crippen LogP contribution in [0.2, 0.25) is 0 Å². The van der Waals surface area contributed by atoms with Gasteiger partial charge in [0.2, 0.25) is 0 Å². The van der Waals surface area contributed by atoms with Gasteiger partial charge < -0.3 is 10.6 Å². The molecule has 0 bridgehead atoms. The summed E-state index contributed by atoms with van der Waals surface area (Å²) in [5.74, 6) is -1.06. The Balaban J connectivity index is 2.67. The van der Waals surface area contributed by atoms with Crippen LogP contribution in [0.15, 0.2) is 41.3 Å². The molecule has 1 atom stereocenters. The van der Waals surface area contributed by atoms with Crippen LogP contribution < -0.4 is 10.6 Å². The van der Waals surface area contributed by atoms with E-state index in [0.717, 1.165) is 5.69 Å². The van der Waals surface area contributed by atoms with Crippen molar-refractivity contribution in [2.75, 3.05) is 24.7 Å². The Kier molecular flexibility index (Phi) is 4.67. The van der Waals surface area contributed by atoms with E-state index in [9.17, 15) is 16.8 Å². The lowest BCUT2D eigenvalue weighted by molar-refractivity contribution is 0.480. The summed E-state index contributed by atoms with van der Waals surface area (Å²) in [4.78, 5) is 1.78. The molecule has 0 heterocycles. The highest BCUT2D eigenvalue weighted by molar-refractivity contribution is 7.94. The average molecular weight is 358 g/mol. The zero-order valence-electron chi connectivity index (χ0n) is 12.7. The SMILES string of the molecule is CN(C)c1cccc2c(S(=O)(=O)C(N)CS(=O)(=O)O)cccc12. The van der Waals surface area contributed by atoms with Gasteiger partial charge in [0, 0.05) is 30.6 Å². The van der Waals surface area contributed by atoms with E-state index in [-0.39, 0.29) is 4.90 Å². The molecule has 126 valence electrons. The predicted octanol–water partition coefficient (Wildman–Crippen LogP) is 0.852. The Labute approximate surface area is 135 Å². The molecule has 2 aromatic carbocycles. The van der Waals surface area contributed by atoms with Crippen molar-refractivity contribution in [3.05, 3.63) is 36.4 Å². The zero-order valence-corrected chi connectivity index (χ0v) is 14.3. The largest absolute Gasteiger partial charge is 0.377 e. The molecule has 0 saturated heterocycles. The number of fused-ring (bicyclic) bond motifs is 1. The summed E-state index contributed by atoms with van der Waals surface area (Å²) in [6, 6.07) is 9.92. The lowest BCUT2D eigenvalue weighted by atomic mass is 10.1. The van der Waals surface area contributed by atoms with Crippen LogP contribution in [0.25, 0.3) is 10.8 Å². The molecule has 0 amide bonds. The number of hydrogen-bond donors (Lipinski definition) is 2. The Hall–Kier alpha value is -1.68. The molecule has 0 fully saturated rings. The zero-order chi connectivity index (χ0) is 17.4. The Bertz CT molecular complexity index is 937. The van der Waals surface area contributed by atoms with Crippen LogP contribution in [0.3, 0.4) is 0 Å². The normalized spacial score (nSPS) is 13.9. The van der Waals surface area contributed by atoms with Gasteiger partial charge in [-0.05, 0) is 12.1 Å². The van der Waals surface area contributed by atoms with Gasteiger partial charge in [-0.2, -0.15) is 8.42 Å². The molecular formula is C14H18N2O5S2. The number of nitrogens with two attached hydrogens (primary N) is 1. The predicted molar refractivity (Wildman–Crippen MR) is 89.9 cm³/mol. The number of anilines is 1. The Morgan fingerprint density at radius 3 is 2.17 bits per heavy atom. The fourth-order valence-electron chi connectivity index (χ4n) is 2.36. The van der Waals surface area contributed by atoms with Crippen LogP contribution in [0.4, 0.5) is 5.69 Å². The molecule has 3 N–H and O–H groups in total. The van der Waals surface area contributed by atoms with Crippen LogP contribution in [-0.2, 0) is 20.0 Å². The lowest BCUT2D eigenvalue weighted by Gasteiger charge is -2.18. The second-order valence-corrected chi connectivity index (χ2v) is 8.99. The van der Waals surface area contributed by atoms with Gasteiger partial charge in [0.15, 0.2) is 9.84 Å². The van der Waals surface area contributed by atoms with Crippen LogP contribution in [-0.4, -0.2) is 46.6 Å². The topological polar surface area (TPSA) is 118 Å². The monoisotopic (exact) mass is 358 g/mol. The number of hydrogen-bond acceptors (Lipinski definition) is 6. The molecule has 1 unspecified atom stereocenters. The molecular weight excluding hydrogens is 340 g/mol. The third-order valence-electron chi connectivity index (χ3n) is 3.42. The number of benzene rings is 2. The molecule has 2 rings (SSSR count). The molecule has 0 aromatic heterocycles. The standard InChI is InChI=1S/C14H18N2O5S2/c1-16(2)12-7-3-6-11-10(12)5-4-8-13(11)23(20,21)14(15)9-22(17,18)19/h3-8,14H,9,15H2,1-2H3,(H,17,18,19). The van der Waals surface area contributed by atoms with E-state index in [1.807, 2.05) is 25.1 Å². The fraction of sp³-hybridized carbons (Fsp3) is 0.286. The second kappa shape index (κ2) is 6.08. The lowest BCUT2D eigenvalue weighted by Crippen LogP contribution is -2.37. The molecule has 2 aromatic rings. The van der Waals surface area contributed by atoms with Gasteiger partial charge in [-0.15, -0.1) is 0 Å². The number of sulfone groups is 1. The van der Waals surface area contributed by atoms with Crippen molar-refractivity contribution in [3.8, 4) is 0 Å². The minimum absolute atomic E-state index is 0.0603. The van der Waals surface area contributed by atoms with Gasteiger partial charge in [-0.25, -0.2) is 8.42 Å². The van der Waals surface area contributed by atoms with Crippen molar-refractivity contribution in [2.24, 2.45) is 5.73 Å². The molecule has 0 radical (unpaired) electrons. The minimum atomic E-state index is -4.50. The van der Waals surface area contributed by atoms with Gasteiger partial charge in [0.1, 0.15) is 11.1 Å². The molecule has 0 aliphatic rings. The summed E-state index contributed by atoms with van der Waals surface area (Å²) in [7, 11) is -4.96. The first-order chi connectivity index (χ1) is 10.5. The highest BCUT2D eigenvalue weighted by Gasteiger charge is 2.29. The number of rotatable bonds is 5. The van der Waals surface area contributed by atoms with Gasteiger partial charge in [0.05, 0.1) is 4.90 Å². The van der Waals surface area contributed by atoms with E-state index in [4.69, 9.17) is 10.3 Å². The average Bonchev–Trinajstić information content (AvgIpc) is 2.43. The van der Waals surface area contributed by atoms with E-state index in [1.54, 1.807) is 24.3 Å². The van der Waals surface area contributed by atoms with Gasteiger partial charge in [0.25, 0.3) is 10.1 Å². The molecule has 0 aliphatic heterocycles. The van der Waals surface area contributed by atoms with Crippen LogP contribution >= 0.6 is 0 Å². The van der Waals surface area contributed by atoms with Gasteiger partial charge in [-0.3, -0.25) is 4.55 Å². The van der Waals surface area contributed by atoms with Gasteiger partial charge >= 0.3 is 0 Å². The molecule has 0 aliphatic carbocycles. The van der Waals surface area contributed by atoms with Crippen molar-refractivity contribution < 1.29 is 21.4 Å². The van der Waals surface area contributed by atoms with Crippen LogP contribution in [0.5, 0.6) is 0 Å². The van der Waals surface area contributed by atoms with E-state index < -0.39 is 31.1 Å². The summed E-state index contributed by atoms with van der Waals surface area (Å²) < 4.78 is 55.9. The Morgan fingerprint density at radius 2 is 1.61 bits per heavy atom. The van der Waals surface area contributed by atoms with E-state index >= 15 is 0 Å². The van der Waals surface area contributed by atoms with E-state index in [2.05, 4.69) is 0 Å². The summed E-state index contributed by atoms with van der Waals surface area (Å²) in [6.45, 7) is 0. The van der Waals surface area contributed by atoms with E-state index in [0.29, 0.717) is 10.8 Å². The first kappa shape index (κ1) is 17.7. The molecule has 7 nitrogen and oxygen atoms in total. The second-order valence-electron chi connectivity index (χ2n) is 5.35. The maximum absolute atomic E-state index is 12.6. The third kappa shape index (κ3) is 3.63. The molecule has 0 spiro atoms. The quantitative estimate of drug-likeness (QED) is 0.761. The summed E-state index contributed by atoms with van der Waals surface area (Å²) in [5, 5.41) is -0.590. The highest BCUT2D eigenvalue weighted by atomic mass is 32.2. The smallest absolute Gasteiger partial charge is 0.267 e. The van der Waals surface area contributed by atoms with Crippen molar-refractivity contribution in [2.45, 2.75) is 10.3 Å². The van der Waals surface area contributed by atoms with Crippen LogP contribution in [0.1, 0.15) is 0 Å². The van der Waals surface area contributed by atoms with Crippen molar-refractivity contribution in [1.82, 2.24) is 0 Å². The third-order valence-corrected chi connectivity index (χ3v) is 6.35. The van der Waals surface area contributed by atoms with Crippen molar-refractivity contribution >= 4 is 36.4 Å². The Morgan fingerprint density at radius 1 is 1.04 bits per heavy atom. The summed E-state index contributed by atoms with van der Waals surface area (Å²) in [5.41, 5.74) is 6.34. The first-order valence-electron chi connectivity index (χ1n) is 6.68.